The molecule has 0 unspecified atom stereocenters. The van der Waals surface area contributed by atoms with Crippen molar-refractivity contribution in [3.63, 3.8) is 0 Å². The van der Waals surface area contributed by atoms with Gasteiger partial charge in [-0.05, 0) is 26.0 Å². The third-order valence-corrected chi connectivity index (χ3v) is 5.66. The van der Waals surface area contributed by atoms with Crippen molar-refractivity contribution in [1.82, 2.24) is 4.72 Å². The van der Waals surface area contributed by atoms with Gasteiger partial charge in [-0.2, -0.15) is 0 Å². The van der Waals surface area contributed by atoms with Gasteiger partial charge in [0, 0.05) is 5.56 Å². The molecule has 0 aliphatic rings. The second kappa shape index (κ2) is 7.63. The third kappa shape index (κ3) is 3.81. The third-order valence-electron chi connectivity index (χ3n) is 3.64. The molecule has 152 valence electrons. The topological polar surface area (TPSA) is 63.2 Å². The van der Waals surface area contributed by atoms with E-state index in [0.29, 0.717) is 12.1 Å². The van der Waals surface area contributed by atoms with E-state index in [1.807, 2.05) is 0 Å². The lowest BCUT2D eigenvalue weighted by atomic mass is 10.00. The normalized spacial score (nSPS) is 11.8. The van der Waals surface area contributed by atoms with Crippen molar-refractivity contribution in [1.29, 1.82) is 0 Å². The highest BCUT2D eigenvalue weighted by Crippen LogP contribution is 2.35. The van der Waals surface area contributed by atoms with E-state index >= 15 is 0 Å². The van der Waals surface area contributed by atoms with Gasteiger partial charge in [-0.1, -0.05) is 11.6 Å². The van der Waals surface area contributed by atoms with Crippen LogP contribution in [0.25, 0.3) is 11.1 Å². The Morgan fingerprint density at radius 1 is 0.929 bits per heavy atom. The standard InChI is InChI=1S/C16H10ClF6NO3S/c1-5(2)28(26,27)24-16(25)6-3-7(9(18)4-8(6)17)10-11(19)13(21)15(23)14(22)12(10)20/h3-5H,1-2H3,(H,24,25). The number of rotatable bonds is 4. The Hall–Kier alpha value is -2.27. The Morgan fingerprint density at radius 2 is 1.39 bits per heavy atom. The molecule has 0 bridgehead atoms. The molecule has 12 heteroatoms. The maximum atomic E-state index is 14.2. The smallest absolute Gasteiger partial charge is 0.266 e. The molecule has 2 aromatic rings. The maximum Gasteiger partial charge on any atom is 0.266 e. The molecular formula is C16H10ClF6NO3S. The van der Waals surface area contributed by atoms with Gasteiger partial charge < -0.3 is 0 Å². The van der Waals surface area contributed by atoms with Gasteiger partial charge in [-0.25, -0.2) is 39.5 Å². The Balaban J connectivity index is 2.71. The zero-order valence-corrected chi connectivity index (χ0v) is 15.6. The van der Waals surface area contributed by atoms with Gasteiger partial charge in [-0.3, -0.25) is 4.79 Å². The molecule has 0 heterocycles. The quantitative estimate of drug-likeness (QED) is 0.433. The Bertz CT molecular complexity index is 1060. The van der Waals surface area contributed by atoms with Crippen molar-refractivity contribution in [3.05, 3.63) is 57.6 Å². The average Bonchev–Trinajstić information content (AvgIpc) is 2.59. The number of hydrogen-bond donors (Lipinski definition) is 1. The zero-order chi connectivity index (χ0) is 21.5. The van der Waals surface area contributed by atoms with E-state index in [0.717, 1.165) is 0 Å². The molecule has 4 nitrogen and oxygen atoms in total. The SMILES string of the molecule is CC(C)S(=O)(=O)NC(=O)c1cc(-c2c(F)c(F)c(F)c(F)c2F)c(F)cc1Cl. The Morgan fingerprint density at radius 3 is 1.86 bits per heavy atom. The number of carbonyl (C=O) groups excluding carboxylic acids is 1. The van der Waals surface area contributed by atoms with Crippen molar-refractivity contribution < 1.29 is 39.6 Å². The summed E-state index contributed by atoms with van der Waals surface area (Å²) in [6.07, 6.45) is 0. The van der Waals surface area contributed by atoms with Crippen molar-refractivity contribution in [2.45, 2.75) is 19.1 Å². The molecule has 0 fully saturated rings. The molecule has 0 radical (unpaired) electrons. The van der Waals surface area contributed by atoms with Crippen LogP contribution in [-0.4, -0.2) is 19.6 Å². The number of amides is 1. The summed E-state index contributed by atoms with van der Waals surface area (Å²) in [5.41, 5.74) is -3.57. The van der Waals surface area contributed by atoms with Gasteiger partial charge in [0.1, 0.15) is 5.82 Å². The molecule has 0 atom stereocenters. The summed E-state index contributed by atoms with van der Waals surface area (Å²) in [6.45, 7) is 2.48. The lowest BCUT2D eigenvalue weighted by Gasteiger charge is -2.13. The first-order chi connectivity index (χ1) is 12.8. The van der Waals surface area contributed by atoms with Gasteiger partial charge >= 0.3 is 0 Å². The number of nitrogens with one attached hydrogen (secondary N) is 1. The van der Waals surface area contributed by atoms with Crippen LogP contribution in [0.3, 0.4) is 0 Å². The minimum absolute atomic E-state index is 0.381. The van der Waals surface area contributed by atoms with Gasteiger partial charge in [0.05, 0.1) is 21.4 Å². The highest BCUT2D eigenvalue weighted by atomic mass is 35.5. The highest BCUT2D eigenvalue weighted by molar-refractivity contribution is 7.90. The van der Waals surface area contributed by atoms with Crippen LogP contribution in [0.15, 0.2) is 12.1 Å². The second-order valence-electron chi connectivity index (χ2n) is 5.78. The molecule has 0 saturated carbocycles. The van der Waals surface area contributed by atoms with E-state index in [2.05, 4.69) is 0 Å². The van der Waals surface area contributed by atoms with Gasteiger partial charge in [-0.15, -0.1) is 0 Å². The fourth-order valence-electron chi connectivity index (χ4n) is 2.06. The summed E-state index contributed by atoms with van der Waals surface area (Å²) < 4.78 is 107. The Labute approximate surface area is 160 Å². The van der Waals surface area contributed by atoms with Crippen molar-refractivity contribution in [2.24, 2.45) is 0 Å². The van der Waals surface area contributed by atoms with Crippen LogP contribution in [0.4, 0.5) is 26.3 Å². The number of halogens is 7. The number of sulfonamides is 1. The van der Waals surface area contributed by atoms with Crippen LogP contribution in [-0.2, 0) is 10.0 Å². The van der Waals surface area contributed by atoms with E-state index in [1.54, 1.807) is 4.72 Å². The van der Waals surface area contributed by atoms with Gasteiger partial charge in [0.25, 0.3) is 5.91 Å². The van der Waals surface area contributed by atoms with Crippen LogP contribution in [0.5, 0.6) is 0 Å². The van der Waals surface area contributed by atoms with Gasteiger partial charge in [0.15, 0.2) is 23.3 Å². The summed E-state index contributed by atoms with van der Waals surface area (Å²) in [4.78, 5) is 12.1. The second-order valence-corrected chi connectivity index (χ2v) is 8.43. The molecule has 1 N–H and O–H groups in total. The molecule has 0 aromatic heterocycles. The average molecular weight is 446 g/mol. The predicted octanol–water partition coefficient (Wildman–Crippen LogP) is 4.31. The largest absolute Gasteiger partial charge is 0.268 e. The highest BCUT2D eigenvalue weighted by Gasteiger charge is 2.30. The van der Waals surface area contributed by atoms with Crippen LogP contribution in [0.2, 0.25) is 5.02 Å². The van der Waals surface area contributed by atoms with Crippen molar-refractivity contribution in [3.8, 4) is 11.1 Å². The number of carbonyl (C=O) groups is 1. The molecule has 2 aromatic carbocycles. The van der Waals surface area contributed by atoms with Crippen LogP contribution in [0.1, 0.15) is 24.2 Å². The lowest BCUT2D eigenvalue weighted by molar-refractivity contribution is 0.0981. The van der Waals surface area contributed by atoms with Crippen LogP contribution >= 0.6 is 11.6 Å². The van der Waals surface area contributed by atoms with Gasteiger partial charge in [0.2, 0.25) is 15.8 Å². The fourth-order valence-corrected chi connectivity index (χ4v) is 2.90. The van der Waals surface area contributed by atoms with E-state index < -0.39 is 77.8 Å². The minimum atomic E-state index is -4.16. The zero-order valence-electron chi connectivity index (χ0n) is 14.0. The summed E-state index contributed by atoms with van der Waals surface area (Å²) in [7, 11) is -4.16. The van der Waals surface area contributed by atoms with Crippen LogP contribution in [0, 0.1) is 34.9 Å². The first kappa shape index (κ1) is 22.0. The number of hydrogen-bond acceptors (Lipinski definition) is 3. The first-order valence-corrected chi connectivity index (χ1v) is 9.28. The number of benzene rings is 2. The molecule has 2 rings (SSSR count). The van der Waals surface area contributed by atoms with Crippen LogP contribution < -0.4 is 4.72 Å². The molecule has 28 heavy (non-hydrogen) atoms. The molecule has 0 saturated heterocycles. The van der Waals surface area contributed by atoms with Crippen molar-refractivity contribution in [2.75, 3.05) is 0 Å². The Kier molecular flexibility index (Phi) is 6.00. The fraction of sp³-hybridized carbons (Fsp3) is 0.188. The van der Waals surface area contributed by atoms with E-state index in [4.69, 9.17) is 11.6 Å². The molecule has 0 aliphatic carbocycles. The summed E-state index contributed by atoms with van der Waals surface area (Å²) in [5, 5.41) is -1.70. The molecule has 1 amide bonds. The summed E-state index contributed by atoms with van der Waals surface area (Å²) in [5.74, 6) is -14.7. The van der Waals surface area contributed by atoms with Crippen molar-refractivity contribution >= 4 is 27.5 Å². The molecule has 0 spiro atoms. The van der Waals surface area contributed by atoms with E-state index in [9.17, 15) is 39.6 Å². The minimum Gasteiger partial charge on any atom is -0.268 e. The summed E-state index contributed by atoms with van der Waals surface area (Å²) >= 11 is 5.67. The molecular weight excluding hydrogens is 436 g/mol. The predicted molar refractivity (Wildman–Crippen MR) is 88.2 cm³/mol. The summed E-state index contributed by atoms with van der Waals surface area (Å²) in [6, 6.07) is 0.771. The lowest BCUT2D eigenvalue weighted by Crippen LogP contribution is -2.36. The van der Waals surface area contributed by atoms with E-state index in [-0.39, 0.29) is 0 Å². The van der Waals surface area contributed by atoms with E-state index in [1.165, 1.54) is 13.8 Å². The first-order valence-electron chi connectivity index (χ1n) is 7.36. The molecule has 0 aliphatic heterocycles. The maximum absolute atomic E-state index is 14.2. The monoisotopic (exact) mass is 445 g/mol.